The Morgan fingerprint density at radius 3 is 2.74 bits per heavy atom. The molecule has 0 unspecified atom stereocenters. The number of hydrogen-bond acceptors (Lipinski definition) is 7. The molecule has 2 aliphatic rings. The SMILES string of the molecule is CC(C)n1c([C@@H]2CCCN2)nc2c(F)cc(-c3nc(Nc4ccc(N5CCOCC5=O)cc4)ncc3Cl)cc21. The number of fused-ring (bicyclic) bond motifs is 1. The van der Waals surface area contributed by atoms with Crippen molar-refractivity contribution in [1.82, 2.24) is 24.8 Å². The van der Waals surface area contributed by atoms with Gasteiger partial charge in [0.15, 0.2) is 5.82 Å². The van der Waals surface area contributed by atoms with Crippen LogP contribution in [0.5, 0.6) is 0 Å². The van der Waals surface area contributed by atoms with Gasteiger partial charge in [0.25, 0.3) is 5.91 Å². The average molecular weight is 550 g/mol. The maximum Gasteiger partial charge on any atom is 0.253 e. The lowest BCUT2D eigenvalue weighted by atomic mass is 10.1. The molecule has 2 aliphatic heterocycles. The van der Waals surface area contributed by atoms with E-state index in [1.54, 1.807) is 4.90 Å². The summed E-state index contributed by atoms with van der Waals surface area (Å²) in [7, 11) is 0. The third-order valence-corrected chi connectivity index (χ3v) is 7.38. The van der Waals surface area contributed by atoms with Crippen molar-refractivity contribution in [2.24, 2.45) is 0 Å². The molecule has 0 bridgehead atoms. The van der Waals surface area contributed by atoms with Crippen LogP contribution in [0.3, 0.4) is 0 Å². The molecule has 4 aromatic rings. The minimum absolute atomic E-state index is 0.0673. The molecule has 4 heterocycles. The van der Waals surface area contributed by atoms with Gasteiger partial charge in [0.1, 0.15) is 17.9 Å². The first-order valence-electron chi connectivity index (χ1n) is 13.1. The highest BCUT2D eigenvalue weighted by Gasteiger charge is 2.26. The van der Waals surface area contributed by atoms with Crippen molar-refractivity contribution >= 4 is 45.9 Å². The van der Waals surface area contributed by atoms with Crippen LogP contribution in [-0.2, 0) is 9.53 Å². The van der Waals surface area contributed by atoms with Crippen LogP contribution >= 0.6 is 11.6 Å². The fourth-order valence-electron chi connectivity index (χ4n) is 5.28. The van der Waals surface area contributed by atoms with Gasteiger partial charge in [-0.15, -0.1) is 0 Å². The number of halogens is 2. The van der Waals surface area contributed by atoms with Gasteiger partial charge in [0.2, 0.25) is 5.95 Å². The van der Waals surface area contributed by atoms with Crippen molar-refractivity contribution in [2.45, 2.75) is 38.8 Å². The lowest BCUT2D eigenvalue weighted by Gasteiger charge is -2.26. The van der Waals surface area contributed by atoms with Gasteiger partial charge in [-0.1, -0.05) is 11.6 Å². The molecule has 2 aromatic carbocycles. The molecule has 2 saturated heterocycles. The van der Waals surface area contributed by atoms with E-state index in [2.05, 4.69) is 39.0 Å². The first-order chi connectivity index (χ1) is 18.9. The van der Waals surface area contributed by atoms with Gasteiger partial charge in [-0.05, 0) is 69.6 Å². The van der Waals surface area contributed by atoms with Crippen LogP contribution in [0.2, 0.25) is 5.02 Å². The van der Waals surface area contributed by atoms with E-state index in [1.807, 2.05) is 30.3 Å². The van der Waals surface area contributed by atoms with E-state index < -0.39 is 5.82 Å². The van der Waals surface area contributed by atoms with Crippen LogP contribution in [0.25, 0.3) is 22.3 Å². The van der Waals surface area contributed by atoms with E-state index in [4.69, 9.17) is 21.3 Å². The molecule has 2 fully saturated rings. The highest BCUT2D eigenvalue weighted by molar-refractivity contribution is 6.33. The van der Waals surface area contributed by atoms with Crippen molar-refractivity contribution in [1.29, 1.82) is 0 Å². The highest BCUT2D eigenvalue weighted by atomic mass is 35.5. The van der Waals surface area contributed by atoms with E-state index in [-0.39, 0.29) is 24.6 Å². The zero-order valence-corrected chi connectivity index (χ0v) is 22.5. The van der Waals surface area contributed by atoms with E-state index in [1.165, 1.54) is 12.3 Å². The zero-order valence-electron chi connectivity index (χ0n) is 21.7. The average Bonchev–Trinajstić information content (AvgIpc) is 3.59. The van der Waals surface area contributed by atoms with Gasteiger partial charge in [-0.25, -0.2) is 19.3 Å². The summed E-state index contributed by atoms with van der Waals surface area (Å²) in [5.74, 6) is 0.686. The first-order valence-corrected chi connectivity index (χ1v) is 13.5. The number of morpholine rings is 1. The number of hydrogen-bond donors (Lipinski definition) is 2. The molecule has 0 aliphatic carbocycles. The summed E-state index contributed by atoms with van der Waals surface area (Å²) in [6.45, 7) is 6.19. The van der Waals surface area contributed by atoms with Gasteiger partial charge >= 0.3 is 0 Å². The number of rotatable bonds is 6. The minimum Gasteiger partial charge on any atom is -0.370 e. The maximum atomic E-state index is 15.4. The van der Waals surface area contributed by atoms with Crippen molar-refractivity contribution in [3.63, 3.8) is 0 Å². The molecular formula is C28H29ClFN7O2. The molecule has 1 atom stereocenters. The number of carbonyl (C=O) groups is 1. The molecule has 9 nitrogen and oxygen atoms in total. The number of nitrogens with zero attached hydrogens (tertiary/aromatic N) is 5. The van der Waals surface area contributed by atoms with Gasteiger partial charge in [-0.2, -0.15) is 0 Å². The Kier molecular flexibility index (Phi) is 6.92. The second kappa shape index (κ2) is 10.5. The van der Waals surface area contributed by atoms with Crippen molar-refractivity contribution in [3.05, 3.63) is 59.3 Å². The normalized spacial score (nSPS) is 17.9. The Labute approximate surface area is 230 Å². The number of anilines is 3. The van der Waals surface area contributed by atoms with E-state index in [0.29, 0.717) is 46.4 Å². The predicted octanol–water partition coefficient (Wildman–Crippen LogP) is 5.40. The van der Waals surface area contributed by atoms with Crippen molar-refractivity contribution in [3.8, 4) is 11.3 Å². The number of benzene rings is 2. The smallest absolute Gasteiger partial charge is 0.253 e. The lowest BCUT2D eigenvalue weighted by Crippen LogP contribution is -2.41. The van der Waals surface area contributed by atoms with E-state index in [9.17, 15) is 4.79 Å². The second-order valence-corrected chi connectivity index (χ2v) is 10.5. The van der Waals surface area contributed by atoms with E-state index >= 15 is 4.39 Å². The summed E-state index contributed by atoms with van der Waals surface area (Å²) in [6, 6.07) is 10.9. The van der Waals surface area contributed by atoms with Gasteiger partial charge < -0.3 is 24.8 Å². The van der Waals surface area contributed by atoms with Gasteiger partial charge in [0.05, 0.1) is 35.1 Å². The molecular weight excluding hydrogens is 521 g/mol. The molecule has 2 aromatic heterocycles. The Balaban J connectivity index is 1.32. The number of nitrogens with one attached hydrogen (secondary N) is 2. The summed E-state index contributed by atoms with van der Waals surface area (Å²) < 4.78 is 22.7. The number of ether oxygens (including phenoxy) is 1. The largest absolute Gasteiger partial charge is 0.370 e. The van der Waals surface area contributed by atoms with Crippen LogP contribution < -0.4 is 15.5 Å². The quantitative estimate of drug-likeness (QED) is 0.332. The number of imidazole rings is 1. The third-order valence-electron chi connectivity index (χ3n) is 7.10. The summed E-state index contributed by atoms with van der Waals surface area (Å²) in [4.78, 5) is 27.5. The topological polar surface area (TPSA) is 97.2 Å². The van der Waals surface area contributed by atoms with Crippen LogP contribution in [0.1, 0.15) is 44.6 Å². The summed E-state index contributed by atoms with van der Waals surface area (Å²) >= 11 is 6.51. The third kappa shape index (κ3) is 4.95. The minimum atomic E-state index is -0.418. The second-order valence-electron chi connectivity index (χ2n) is 10.1. The standard InChI is InChI=1S/C28H29ClFN7O2/c1-16(2)37-23-13-17(12-21(30)26(23)34-27(37)22-4-3-9-31-22)25-20(29)14-32-28(35-25)33-18-5-7-19(8-6-18)36-10-11-39-15-24(36)38/h5-8,12-14,16,22,31H,3-4,9-11,15H2,1-2H3,(H,32,33,35)/t22-/m0/s1. The molecule has 11 heteroatoms. The number of carbonyl (C=O) groups excluding carboxylic acids is 1. The van der Waals surface area contributed by atoms with Gasteiger partial charge in [-0.3, -0.25) is 4.79 Å². The summed E-state index contributed by atoms with van der Waals surface area (Å²) in [5, 5.41) is 6.97. The van der Waals surface area contributed by atoms with Crippen LogP contribution in [0.4, 0.5) is 21.7 Å². The Morgan fingerprint density at radius 1 is 1.21 bits per heavy atom. The summed E-state index contributed by atoms with van der Waals surface area (Å²) in [6.07, 6.45) is 3.55. The van der Waals surface area contributed by atoms with Crippen molar-refractivity contribution < 1.29 is 13.9 Å². The number of aromatic nitrogens is 4. The van der Waals surface area contributed by atoms with Crippen molar-refractivity contribution in [2.75, 3.05) is 36.5 Å². The molecule has 0 radical (unpaired) electrons. The van der Waals surface area contributed by atoms with Crippen LogP contribution in [0, 0.1) is 5.82 Å². The molecule has 0 spiro atoms. The van der Waals surface area contributed by atoms with Crippen LogP contribution in [-0.4, -0.2) is 51.7 Å². The monoisotopic (exact) mass is 549 g/mol. The molecule has 6 rings (SSSR count). The molecule has 0 saturated carbocycles. The molecule has 202 valence electrons. The fourth-order valence-corrected chi connectivity index (χ4v) is 5.48. The lowest BCUT2D eigenvalue weighted by molar-refractivity contribution is -0.125. The Bertz CT molecular complexity index is 1530. The van der Waals surface area contributed by atoms with Gasteiger partial charge in [0, 0.05) is 29.5 Å². The first kappa shape index (κ1) is 25.7. The fraction of sp³-hybridized carbons (Fsp3) is 0.357. The Morgan fingerprint density at radius 2 is 2.03 bits per heavy atom. The van der Waals surface area contributed by atoms with Crippen LogP contribution in [0.15, 0.2) is 42.6 Å². The highest BCUT2D eigenvalue weighted by Crippen LogP contribution is 2.35. The predicted molar refractivity (Wildman–Crippen MR) is 149 cm³/mol. The Hall–Kier alpha value is -3.60. The maximum absolute atomic E-state index is 15.4. The molecule has 2 N–H and O–H groups in total. The number of amides is 1. The molecule has 39 heavy (non-hydrogen) atoms. The molecule has 1 amide bonds. The summed E-state index contributed by atoms with van der Waals surface area (Å²) in [5.41, 5.74) is 3.55. The zero-order chi connectivity index (χ0) is 27.1. The van der Waals surface area contributed by atoms with E-state index in [0.717, 1.165) is 36.6 Å².